The minimum absolute atomic E-state index is 0.0785. The fourth-order valence-corrected chi connectivity index (χ4v) is 5.03. The van der Waals surface area contributed by atoms with E-state index in [9.17, 15) is 14.0 Å². The second-order valence-corrected chi connectivity index (χ2v) is 10.1. The highest BCUT2D eigenvalue weighted by molar-refractivity contribution is 7.99. The molecule has 2 aromatic rings. The Bertz CT molecular complexity index is 919. The molecule has 0 spiro atoms. The Hall–Kier alpha value is -2.05. The lowest BCUT2D eigenvalue weighted by molar-refractivity contribution is -0.141. The van der Waals surface area contributed by atoms with Crippen LogP contribution in [-0.2, 0) is 16.1 Å². The van der Waals surface area contributed by atoms with Gasteiger partial charge in [-0.05, 0) is 62.3 Å². The van der Waals surface area contributed by atoms with Gasteiger partial charge in [-0.1, -0.05) is 49.1 Å². The number of nitrogens with one attached hydrogen (secondary N) is 1. The minimum Gasteiger partial charge on any atom is -0.352 e. The molecule has 0 bridgehead atoms. The number of rotatable bonds is 10. The number of halogens is 2. The van der Waals surface area contributed by atoms with Gasteiger partial charge in [-0.3, -0.25) is 9.59 Å². The summed E-state index contributed by atoms with van der Waals surface area (Å²) in [4.78, 5) is 28.7. The van der Waals surface area contributed by atoms with E-state index in [1.807, 2.05) is 24.3 Å². The van der Waals surface area contributed by atoms with E-state index in [2.05, 4.69) is 5.32 Å². The summed E-state index contributed by atoms with van der Waals surface area (Å²) >= 11 is 7.58. The van der Waals surface area contributed by atoms with E-state index in [1.54, 1.807) is 36.9 Å². The lowest BCUT2D eigenvalue weighted by Gasteiger charge is -2.31. The van der Waals surface area contributed by atoms with Crippen molar-refractivity contribution in [1.82, 2.24) is 10.2 Å². The molecular formula is C26H32ClFN2O2S. The van der Waals surface area contributed by atoms with Crippen LogP contribution in [0.25, 0.3) is 0 Å². The largest absolute Gasteiger partial charge is 0.352 e. The Balaban J connectivity index is 1.60. The van der Waals surface area contributed by atoms with E-state index < -0.39 is 6.04 Å². The van der Waals surface area contributed by atoms with Crippen molar-refractivity contribution in [2.24, 2.45) is 0 Å². The summed E-state index contributed by atoms with van der Waals surface area (Å²) in [5.41, 5.74) is 0.415. The van der Waals surface area contributed by atoms with Gasteiger partial charge in [-0.2, -0.15) is 0 Å². The van der Waals surface area contributed by atoms with Crippen LogP contribution < -0.4 is 5.32 Å². The molecule has 1 atom stereocenters. The average molecular weight is 491 g/mol. The van der Waals surface area contributed by atoms with E-state index in [1.165, 1.54) is 17.4 Å². The van der Waals surface area contributed by atoms with Crippen LogP contribution in [0.15, 0.2) is 53.4 Å². The van der Waals surface area contributed by atoms with Crippen molar-refractivity contribution in [3.63, 3.8) is 0 Å². The van der Waals surface area contributed by atoms with Crippen LogP contribution in [0.5, 0.6) is 0 Å². The Morgan fingerprint density at radius 3 is 2.52 bits per heavy atom. The predicted molar refractivity (Wildman–Crippen MR) is 133 cm³/mol. The zero-order chi connectivity index (χ0) is 23.6. The van der Waals surface area contributed by atoms with Gasteiger partial charge in [0.15, 0.2) is 0 Å². The molecular weight excluding hydrogens is 459 g/mol. The predicted octanol–water partition coefficient (Wildman–Crippen LogP) is 6.22. The summed E-state index contributed by atoms with van der Waals surface area (Å²) in [5, 5.41) is 3.80. The topological polar surface area (TPSA) is 49.4 Å². The lowest BCUT2D eigenvalue weighted by atomic mass is 9.95. The lowest BCUT2D eigenvalue weighted by Crippen LogP contribution is -2.50. The summed E-state index contributed by atoms with van der Waals surface area (Å²) in [6.45, 7) is 1.81. The Labute approximate surface area is 205 Å². The van der Waals surface area contributed by atoms with E-state index in [4.69, 9.17) is 11.6 Å². The fourth-order valence-electron chi connectivity index (χ4n) is 4.05. The molecule has 0 saturated heterocycles. The quantitative estimate of drug-likeness (QED) is 0.318. The molecule has 1 aliphatic rings. The first-order valence-corrected chi connectivity index (χ1v) is 13.0. The van der Waals surface area contributed by atoms with Crippen LogP contribution in [0.3, 0.4) is 0 Å². The number of carbonyl (C=O) groups excluding carboxylic acids is 2. The zero-order valence-corrected chi connectivity index (χ0v) is 20.6. The highest BCUT2D eigenvalue weighted by atomic mass is 35.5. The van der Waals surface area contributed by atoms with Gasteiger partial charge >= 0.3 is 0 Å². The number of amides is 2. The molecule has 0 aliphatic heterocycles. The Kier molecular flexibility index (Phi) is 10.1. The number of nitrogens with zero attached hydrogens (tertiary/aromatic N) is 1. The van der Waals surface area contributed by atoms with E-state index in [0.717, 1.165) is 36.3 Å². The standard InChI is InChI=1S/C26H32ClFN2O2S/c1-19(26(32)29-22-9-3-2-4-10-22)30(18-20-8-5-6-11-24(20)28)25(31)12-7-17-33-23-15-13-21(27)14-16-23/h5-6,8,11,13-16,19,22H,2-4,7,9-10,12,17-18H2,1H3,(H,29,32)/t19-/m0/s1. The maximum Gasteiger partial charge on any atom is 0.242 e. The van der Waals surface area contributed by atoms with Crippen molar-refractivity contribution >= 4 is 35.2 Å². The Morgan fingerprint density at radius 2 is 1.82 bits per heavy atom. The Morgan fingerprint density at radius 1 is 1.12 bits per heavy atom. The van der Waals surface area contributed by atoms with Gasteiger partial charge in [0.1, 0.15) is 11.9 Å². The SMILES string of the molecule is C[C@@H](C(=O)NC1CCCCC1)N(Cc1ccccc1F)C(=O)CCCSc1ccc(Cl)cc1. The minimum atomic E-state index is -0.664. The molecule has 0 aromatic heterocycles. The number of carbonyl (C=O) groups is 2. The second kappa shape index (κ2) is 13.0. The third-order valence-electron chi connectivity index (χ3n) is 6.03. The van der Waals surface area contributed by atoms with Gasteiger partial charge in [-0.25, -0.2) is 4.39 Å². The van der Waals surface area contributed by atoms with Gasteiger partial charge in [-0.15, -0.1) is 11.8 Å². The third-order valence-corrected chi connectivity index (χ3v) is 7.39. The molecule has 1 aliphatic carbocycles. The fraction of sp³-hybridized carbons (Fsp3) is 0.462. The first kappa shape index (κ1) is 25.6. The van der Waals surface area contributed by atoms with E-state index >= 15 is 0 Å². The summed E-state index contributed by atoms with van der Waals surface area (Å²) in [7, 11) is 0. The van der Waals surface area contributed by atoms with Gasteiger partial charge in [0.2, 0.25) is 11.8 Å². The molecule has 178 valence electrons. The first-order valence-electron chi connectivity index (χ1n) is 11.7. The summed E-state index contributed by atoms with van der Waals surface area (Å²) in [5.74, 6) is 0.0979. The van der Waals surface area contributed by atoms with Crippen molar-refractivity contribution in [2.45, 2.75) is 75.4 Å². The van der Waals surface area contributed by atoms with Crippen molar-refractivity contribution in [3.8, 4) is 0 Å². The highest BCUT2D eigenvalue weighted by Crippen LogP contribution is 2.23. The number of hydrogen-bond donors (Lipinski definition) is 1. The molecule has 0 radical (unpaired) electrons. The summed E-state index contributed by atoms with van der Waals surface area (Å²) in [6, 6.07) is 13.5. The molecule has 1 N–H and O–H groups in total. The van der Waals surface area contributed by atoms with Crippen molar-refractivity contribution in [2.75, 3.05) is 5.75 Å². The van der Waals surface area contributed by atoms with Gasteiger partial charge in [0.25, 0.3) is 0 Å². The summed E-state index contributed by atoms with van der Waals surface area (Å²) in [6.07, 6.45) is 6.34. The summed E-state index contributed by atoms with van der Waals surface area (Å²) < 4.78 is 14.3. The van der Waals surface area contributed by atoms with E-state index in [-0.39, 0.29) is 30.2 Å². The average Bonchev–Trinajstić information content (AvgIpc) is 2.82. The van der Waals surface area contributed by atoms with Crippen LogP contribution in [0.4, 0.5) is 4.39 Å². The van der Waals surface area contributed by atoms with E-state index in [0.29, 0.717) is 23.4 Å². The molecule has 1 saturated carbocycles. The molecule has 7 heteroatoms. The van der Waals surface area contributed by atoms with Gasteiger partial charge < -0.3 is 10.2 Å². The smallest absolute Gasteiger partial charge is 0.242 e. The van der Waals surface area contributed by atoms with Crippen LogP contribution in [0, 0.1) is 5.82 Å². The maximum absolute atomic E-state index is 14.3. The third kappa shape index (κ3) is 8.04. The van der Waals surface area contributed by atoms with Gasteiger partial charge in [0.05, 0.1) is 0 Å². The normalized spacial score (nSPS) is 15.1. The molecule has 33 heavy (non-hydrogen) atoms. The molecule has 3 rings (SSSR count). The van der Waals surface area contributed by atoms with Crippen LogP contribution in [-0.4, -0.2) is 34.6 Å². The number of thioether (sulfide) groups is 1. The number of hydrogen-bond acceptors (Lipinski definition) is 3. The van der Waals surface area contributed by atoms with Crippen molar-refractivity contribution in [3.05, 3.63) is 64.9 Å². The monoisotopic (exact) mass is 490 g/mol. The highest BCUT2D eigenvalue weighted by Gasteiger charge is 2.28. The molecule has 2 aromatic carbocycles. The van der Waals surface area contributed by atoms with Crippen LogP contribution in [0.2, 0.25) is 5.02 Å². The molecule has 1 fully saturated rings. The molecule has 2 amide bonds. The van der Waals surface area contributed by atoms with Crippen LogP contribution >= 0.6 is 23.4 Å². The van der Waals surface area contributed by atoms with Crippen LogP contribution in [0.1, 0.15) is 57.4 Å². The zero-order valence-electron chi connectivity index (χ0n) is 19.1. The second-order valence-electron chi connectivity index (χ2n) is 8.54. The molecule has 0 unspecified atom stereocenters. The van der Waals surface area contributed by atoms with Crippen molar-refractivity contribution in [1.29, 1.82) is 0 Å². The molecule has 0 heterocycles. The first-order chi connectivity index (χ1) is 15.9. The van der Waals surface area contributed by atoms with Gasteiger partial charge in [0, 0.05) is 34.5 Å². The molecule has 4 nitrogen and oxygen atoms in total. The van der Waals surface area contributed by atoms with Crippen molar-refractivity contribution < 1.29 is 14.0 Å². The maximum atomic E-state index is 14.3. The number of benzene rings is 2.